The molecule has 4 nitrogen and oxygen atoms in total. The fraction of sp³-hybridized carbons (Fsp3) is 0.692. The maximum atomic E-state index is 11.5. The lowest BCUT2D eigenvalue weighted by Crippen LogP contribution is -2.43. The van der Waals surface area contributed by atoms with Crippen LogP contribution >= 0.6 is 0 Å². The van der Waals surface area contributed by atoms with Crippen LogP contribution in [0.15, 0.2) is 12.7 Å². The first-order valence-electron chi connectivity index (χ1n) is 6.23. The molecule has 1 heterocycles. The molecule has 1 fully saturated rings. The number of carbonyl (C=O) groups excluding carboxylic acids is 2. The van der Waals surface area contributed by atoms with Crippen LogP contribution in [0.4, 0.5) is 0 Å². The highest BCUT2D eigenvalue weighted by Gasteiger charge is 2.22. The van der Waals surface area contributed by atoms with Gasteiger partial charge in [0.15, 0.2) is 0 Å². The summed E-state index contributed by atoms with van der Waals surface area (Å²) in [6.07, 6.45) is 3.43. The number of rotatable bonds is 4. The molecular weight excluding hydrogens is 216 g/mol. The number of piperidine rings is 1. The van der Waals surface area contributed by atoms with Crippen LogP contribution < -0.4 is 5.32 Å². The highest BCUT2D eigenvalue weighted by atomic mass is 16.2. The topological polar surface area (TPSA) is 49.4 Å². The monoisotopic (exact) mass is 238 g/mol. The molecule has 1 atom stereocenters. The predicted octanol–water partition coefficient (Wildman–Crippen LogP) is 1.18. The molecule has 1 unspecified atom stereocenters. The molecule has 2 amide bonds. The standard InChI is InChI=1S/C13H22N2O2/c1-4-12(16)15-7-5-6-11(9-15)8-14-13(17)10(2)3/h4,10-11H,1,5-9H2,2-3H3,(H,14,17). The van der Waals surface area contributed by atoms with Crippen molar-refractivity contribution >= 4 is 11.8 Å². The molecule has 4 heteroatoms. The van der Waals surface area contributed by atoms with Crippen LogP contribution in [0.2, 0.25) is 0 Å². The van der Waals surface area contributed by atoms with Crippen molar-refractivity contribution in [3.63, 3.8) is 0 Å². The lowest BCUT2D eigenvalue weighted by molar-refractivity contribution is -0.127. The Hall–Kier alpha value is -1.32. The van der Waals surface area contributed by atoms with Gasteiger partial charge < -0.3 is 10.2 Å². The summed E-state index contributed by atoms with van der Waals surface area (Å²) in [5.41, 5.74) is 0. The molecule has 0 aromatic heterocycles. The normalized spacial score (nSPS) is 20.2. The molecule has 1 aliphatic heterocycles. The number of hydrogen-bond acceptors (Lipinski definition) is 2. The molecule has 1 aliphatic rings. The average Bonchev–Trinajstić information content (AvgIpc) is 2.35. The van der Waals surface area contributed by atoms with Gasteiger partial charge in [-0.2, -0.15) is 0 Å². The molecular formula is C13H22N2O2. The quantitative estimate of drug-likeness (QED) is 0.748. The minimum atomic E-state index is -0.00936. The minimum Gasteiger partial charge on any atom is -0.356 e. The van der Waals surface area contributed by atoms with Crippen LogP contribution in [0.5, 0.6) is 0 Å². The van der Waals surface area contributed by atoms with Crippen LogP contribution in [-0.4, -0.2) is 36.3 Å². The molecule has 0 saturated carbocycles. The SMILES string of the molecule is C=CC(=O)N1CCCC(CNC(=O)C(C)C)C1. The molecule has 0 aromatic carbocycles. The fourth-order valence-electron chi connectivity index (χ4n) is 2.01. The zero-order chi connectivity index (χ0) is 12.8. The van der Waals surface area contributed by atoms with Gasteiger partial charge in [-0.15, -0.1) is 0 Å². The first kappa shape index (κ1) is 13.7. The van der Waals surface area contributed by atoms with E-state index in [1.54, 1.807) is 0 Å². The Morgan fingerprint density at radius 1 is 1.53 bits per heavy atom. The van der Waals surface area contributed by atoms with E-state index in [4.69, 9.17) is 0 Å². The van der Waals surface area contributed by atoms with Gasteiger partial charge in [-0.1, -0.05) is 20.4 Å². The Morgan fingerprint density at radius 2 is 2.24 bits per heavy atom. The summed E-state index contributed by atoms with van der Waals surface area (Å²) in [4.78, 5) is 24.7. The van der Waals surface area contributed by atoms with E-state index in [1.807, 2.05) is 18.7 Å². The number of likely N-dealkylation sites (tertiary alicyclic amines) is 1. The number of hydrogen-bond donors (Lipinski definition) is 1. The Kier molecular flexibility index (Phi) is 5.19. The first-order chi connectivity index (χ1) is 8.04. The van der Waals surface area contributed by atoms with Crippen LogP contribution in [0, 0.1) is 11.8 Å². The second-order valence-corrected chi connectivity index (χ2v) is 4.90. The number of carbonyl (C=O) groups is 2. The van der Waals surface area contributed by atoms with E-state index in [0.717, 1.165) is 25.9 Å². The van der Waals surface area contributed by atoms with E-state index < -0.39 is 0 Å². The van der Waals surface area contributed by atoms with Crippen molar-refractivity contribution in [2.75, 3.05) is 19.6 Å². The molecule has 96 valence electrons. The van der Waals surface area contributed by atoms with Crippen LogP contribution in [0.1, 0.15) is 26.7 Å². The van der Waals surface area contributed by atoms with Crippen molar-refractivity contribution in [1.82, 2.24) is 10.2 Å². The van der Waals surface area contributed by atoms with Gasteiger partial charge in [-0.25, -0.2) is 0 Å². The average molecular weight is 238 g/mol. The summed E-state index contributed by atoms with van der Waals surface area (Å²) < 4.78 is 0. The third-order valence-corrected chi connectivity index (χ3v) is 3.09. The second-order valence-electron chi connectivity index (χ2n) is 4.90. The summed E-state index contributed by atoms with van der Waals surface area (Å²) >= 11 is 0. The molecule has 0 bridgehead atoms. The van der Waals surface area contributed by atoms with Crippen molar-refractivity contribution in [3.05, 3.63) is 12.7 Å². The van der Waals surface area contributed by atoms with Gasteiger partial charge in [0, 0.05) is 25.6 Å². The summed E-state index contributed by atoms with van der Waals surface area (Å²) in [6, 6.07) is 0. The zero-order valence-corrected chi connectivity index (χ0v) is 10.7. The van der Waals surface area contributed by atoms with Crippen molar-refractivity contribution < 1.29 is 9.59 Å². The summed E-state index contributed by atoms with van der Waals surface area (Å²) in [6.45, 7) is 9.45. The summed E-state index contributed by atoms with van der Waals surface area (Å²) in [7, 11) is 0. The number of nitrogens with one attached hydrogen (secondary N) is 1. The Bertz CT molecular complexity index is 300. The third-order valence-electron chi connectivity index (χ3n) is 3.09. The molecule has 17 heavy (non-hydrogen) atoms. The lowest BCUT2D eigenvalue weighted by Gasteiger charge is -2.32. The van der Waals surface area contributed by atoms with Gasteiger partial charge in [-0.3, -0.25) is 9.59 Å². The maximum absolute atomic E-state index is 11.5. The zero-order valence-electron chi connectivity index (χ0n) is 10.7. The molecule has 1 N–H and O–H groups in total. The Balaban J connectivity index is 2.37. The van der Waals surface area contributed by atoms with E-state index in [1.165, 1.54) is 6.08 Å². The number of amides is 2. The Morgan fingerprint density at radius 3 is 2.82 bits per heavy atom. The highest BCUT2D eigenvalue weighted by Crippen LogP contribution is 2.16. The molecule has 0 spiro atoms. The second kappa shape index (κ2) is 6.42. The van der Waals surface area contributed by atoms with Crippen molar-refractivity contribution in [2.24, 2.45) is 11.8 Å². The molecule has 0 aromatic rings. The van der Waals surface area contributed by atoms with Crippen molar-refractivity contribution in [2.45, 2.75) is 26.7 Å². The Labute approximate surface area is 103 Å². The van der Waals surface area contributed by atoms with Gasteiger partial charge in [0.2, 0.25) is 11.8 Å². The van der Waals surface area contributed by atoms with Gasteiger partial charge >= 0.3 is 0 Å². The third kappa shape index (κ3) is 4.21. The maximum Gasteiger partial charge on any atom is 0.245 e. The fourth-order valence-corrected chi connectivity index (χ4v) is 2.01. The van der Waals surface area contributed by atoms with Crippen LogP contribution in [-0.2, 0) is 9.59 Å². The van der Waals surface area contributed by atoms with Gasteiger partial charge in [0.05, 0.1) is 0 Å². The van der Waals surface area contributed by atoms with Gasteiger partial charge in [0.1, 0.15) is 0 Å². The van der Waals surface area contributed by atoms with E-state index in [2.05, 4.69) is 11.9 Å². The summed E-state index contributed by atoms with van der Waals surface area (Å²) in [5, 5.41) is 2.93. The van der Waals surface area contributed by atoms with Crippen LogP contribution in [0.25, 0.3) is 0 Å². The molecule has 1 rings (SSSR count). The van der Waals surface area contributed by atoms with E-state index >= 15 is 0 Å². The molecule has 0 radical (unpaired) electrons. The van der Waals surface area contributed by atoms with E-state index in [-0.39, 0.29) is 17.7 Å². The lowest BCUT2D eigenvalue weighted by atomic mass is 9.97. The minimum absolute atomic E-state index is 0.00936. The predicted molar refractivity (Wildman–Crippen MR) is 67.3 cm³/mol. The van der Waals surface area contributed by atoms with Gasteiger partial charge in [-0.05, 0) is 24.8 Å². The first-order valence-corrected chi connectivity index (χ1v) is 6.23. The smallest absolute Gasteiger partial charge is 0.245 e. The number of nitrogens with zero attached hydrogens (tertiary/aromatic N) is 1. The highest BCUT2D eigenvalue weighted by molar-refractivity contribution is 5.87. The molecule has 0 aliphatic carbocycles. The van der Waals surface area contributed by atoms with Crippen molar-refractivity contribution in [1.29, 1.82) is 0 Å². The van der Waals surface area contributed by atoms with E-state index in [0.29, 0.717) is 12.5 Å². The molecule has 1 saturated heterocycles. The summed E-state index contributed by atoms with van der Waals surface area (Å²) in [5.74, 6) is 0.460. The van der Waals surface area contributed by atoms with E-state index in [9.17, 15) is 9.59 Å². The van der Waals surface area contributed by atoms with Gasteiger partial charge in [0.25, 0.3) is 0 Å². The van der Waals surface area contributed by atoms with Crippen molar-refractivity contribution in [3.8, 4) is 0 Å². The van der Waals surface area contributed by atoms with Crippen LogP contribution in [0.3, 0.4) is 0 Å². The largest absolute Gasteiger partial charge is 0.356 e.